The van der Waals surface area contributed by atoms with Crippen molar-refractivity contribution in [3.8, 4) is 0 Å². The first-order chi connectivity index (χ1) is 15.7. The summed E-state index contributed by atoms with van der Waals surface area (Å²) in [6, 6.07) is 15.7. The fraction of sp³-hybridized carbons (Fsp3) is 0.269. The van der Waals surface area contributed by atoms with Gasteiger partial charge in [0.25, 0.3) is 5.91 Å². The lowest BCUT2D eigenvalue weighted by Crippen LogP contribution is -2.43. The highest BCUT2D eigenvalue weighted by atomic mass is 35.5. The summed E-state index contributed by atoms with van der Waals surface area (Å²) in [6.07, 6.45) is 3.74. The van der Waals surface area contributed by atoms with Crippen LogP contribution in [-0.4, -0.2) is 47.0 Å². The minimum absolute atomic E-state index is 0.0689. The van der Waals surface area contributed by atoms with Crippen LogP contribution in [0.15, 0.2) is 59.7 Å². The molecule has 0 radical (unpaired) electrons. The van der Waals surface area contributed by atoms with E-state index in [1.807, 2.05) is 74.5 Å². The van der Waals surface area contributed by atoms with Gasteiger partial charge in [-0.25, -0.2) is 0 Å². The van der Waals surface area contributed by atoms with Crippen LogP contribution < -0.4 is 5.32 Å². The van der Waals surface area contributed by atoms with Crippen LogP contribution in [0.4, 0.5) is 0 Å². The van der Waals surface area contributed by atoms with E-state index < -0.39 is 10.7 Å². The lowest BCUT2D eigenvalue weighted by Gasteiger charge is -2.30. The van der Waals surface area contributed by atoms with Gasteiger partial charge in [-0.1, -0.05) is 82.9 Å². The van der Waals surface area contributed by atoms with Gasteiger partial charge in [0.15, 0.2) is 10.6 Å². The van der Waals surface area contributed by atoms with Crippen LogP contribution in [0, 0.1) is 13.8 Å². The molecule has 0 unspecified atom stereocenters. The molecule has 33 heavy (non-hydrogen) atoms. The summed E-state index contributed by atoms with van der Waals surface area (Å²) >= 11 is 11.1. The third-order valence-electron chi connectivity index (χ3n) is 5.33. The van der Waals surface area contributed by atoms with Crippen molar-refractivity contribution in [3.63, 3.8) is 0 Å². The summed E-state index contributed by atoms with van der Waals surface area (Å²) < 4.78 is 0. The zero-order valence-corrected chi connectivity index (χ0v) is 20.1. The van der Waals surface area contributed by atoms with E-state index in [4.69, 9.17) is 23.2 Å². The van der Waals surface area contributed by atoms with Gasteiger partial charge in [0, 0.05) is 37.2 Å². The summed E-state index contributed by atoms with van der Waals surface area (Å²) in [5.74, 6) is -0.784. The van der Waals surface area contributed by atoms with E-state index in [0.29, 0.717) is 11.1 Å². The van der Waals surface area contributed by atoms with Gasteiger partial charge in [0.1, 0.15) is 0 Å². The molecule has 2 amide bonds. The second kappa shape index (κ2) is 11.3. The summed E-state index contributed by atoms with van der Waals surface area (Å²) in [6.45, 7) is 4.53. The number of ketones is 1. The van der Waals surface area contributed by atoms with Crippen LogP contribution in [0.2, 0.25) is 0 Å². The maximum atomic E-state index is 13.3. The van der Waals surface area contributed by atoms with E-state index in [-0.39, 0.29) is 37.7 Å². The van der Waals surface area contributed by atoms with Gasteiger partial charge >= 0.3 is 0 Å². The molecule has 1 fully saturated rings. The Balaban J connectivity index is 1.84. The molecule has 0 aromatic heterocycles. The third kappa shape index (κ3) is 7.04. The third-order valence-corrected chi connectivity index (χ3v) is 5.73. The predicted molar refractivity (Wildman–Crippen MR) is 133 cm³/mol. The maximum Gasteiger partial charge on any atom is 0.253 e. The number of halogens is 2. The molecule has 3 rings (SSSR count). The zero-order chi connectivity index (χ0) is 24.0. The molecule has 2 aromatic carbocycles. The van der Waals surface area contributed by atoms with Crippen LogP contribution in [-0.2, 0) is 14.4 Å². The number of hydrogen-bond donors (Lipinski definition) is 1. The number of likely N-dealkylation sites (tertiary alicyclic amines) is 1. The fourth-order valence-corrected chi connectivity index (χ4v) is 3.63. The highest BCUT2D eigenvalue weighted by Gasteiger charge is 2.29. The van der Waals surface area contributed by atoms with Gasteiger partial charge in [-0.3, -0.25) is 14.4 Å². The van der Waals surface area contributed by atoms with Crippen LogP contribution >= 0.6 is 23.2 Å². The molecular weight excluding hydrogens is 459 g/mol. The van der Waals surface area contributed by atoms with E-state index >= 15 is 0 Å². The lowest BCUT2D eigenvalue weighted by molar-refractivity contribution is -0.131. The quantitative estimate of drug-likeness (QED) is 0.485. The van der Waals surface area contributed by atoms with Crippen molar-refractivity contribution in [2.45, 2.75) is 25.1 Å². The first-order valence-corrected chi connectivity index (χ1v) is 11.5. The van der Waals surface area contributed by atoms with Crippen molar-refractivity contribution in [2.75, 3.05) is 19.6 Å². The Kier molecular flexibility index (Phi) is 8.48. The summed E-state index contributed by atoms with van der Waals surface area (Å²) in [7, 11) is 0. The van der Waals surface area contributed by atoms with Crippen LogP contribution in [0.3, 0.4) is 0 Å². The highest BCUT2D eigenvalue weighted by molar-refractivity contribution is 6.53. The Hall–Kier alpha value is -2.89. The van der Waals surface area contributed by atoms with Crippen LogP contribution in [0.1, 0.15) is 28.7 Å². The molecule has 172 valence electrons. The second-order valence-corrected chi connectivity index (χ2v) is 9.18. The normalized spacial score (nSPS) is 16.5. The van der Waals surface area contributed by atoms with Crippen molar-refractivity contribution in [3.05, 3.63) is 81.9 Å². The molecule has 0 bridgehead atoms. The smallest absolute Gasteiger partial charge is 0.253 e. The summed E-state index contributed by atoms with van der Waals surface area (Å²) in [4.78, 5) is 38.1. The Bertz CT molecular complexity index is 1020. The monoisotopic (exact) mass is 484 g/mol. The molecule has 0 atom stereocenters. The van der Waals surface area contributed by atoms with Crippen LogP contribution in [0.5, 0.6) is 0 Å². The molecule has 7 heteroatoms. The number of nitrogens with zero attached hydrogens (tertiary/aromatic N) is 1. The number of amides is 2. The molecule has 1 heterocycles. The second-order valence-electron chi connectivity index (χ2n) is 8.08. The fourth-order valence-electron chi connectivity index (χ4n) is 3.47. The molecule has 2 aromatic rings. The number of carbonyl (C=O) groups is 3. The highest BCUT2D eigenvalue weighted by Crippen LogP contribution is 2.23. The van der Waals surface area contributed by atoms with Gasteiger partial charge in [-0.15, -0.1) is 0 Å². The molecular formula is C26H26Cl2N2O3. The van der Waals surface area contributed by atoms with Gasteiger partial charge in [-0.05, 0) is 37.1 Å². The Morgan fingerprint density at radius 1 is 0.909 bits per heavy atom. The average Bonchev–Trinajstić information content (AvgIpc) is 2.79. The number of Topliss-reactive ketones (excluding diaryl/α,β-unsaturated/α-hetero) is 1. The molecule has 1 aliphatic heterocycles. The summed E-state index contributed by atoms with van der Waals surface area (Å²) in [5.41, 5.74) is 5.14. The number of rotatable bonds is 6. The molecule has 1 aliphatic rings. The molecule has 0 spiro atoms. The standard InChI is InChI=1S/C26H26Cl2N2O3/c1-17-3-7-19(8-4-17)13-21-15-30(23(31)11-12-29-26(33)25(27)28)16-22(24(21)32)14-20-9-5-18(2)6-10-20/h3-10,13-14,25H,11-12,15-16H2,1-2H3,(H,29,33)/b21-13+,22-14+. The van der Waals surface area contributed by atoms with E-state index in [9.17, 15) is 14.4 Å². The first-order valence-electron chi connectivity index (χ1n) is 10.7. The molecule has 0 saturated carbocycles. The maximum absolute atomic E-state index is 13.3. The molecule has 5 nitrogen and oxygen atoms in total. The largest absolute Gasteiger partial charge is 0.353 e. The number of carbonyl (C=O) groups excluding carboxylic acids is 3. The lowest BCUT2D eigenvalue weighted by atomic mass is 9.93. The minimum Gasteiger partial charge on any atom is -0.353 e. The Morgan fingerprint density at radius 3 is 1.79 bits per heavy atom. The van der Waals surface area contributed by atoms with E-state index in [1.165, 1.54) is 0 Å². The van der Waals surface area contributed by atoms with Crippen LogP contribution in [0.25, 0.3) is 12.2 Å². The topological polar surface area (TPSA) is 66.5 Å². The first kappa shape index (κ1) is 24.7. The van der Waals surface area contributed by atoms with Crippen molar-refractivity contribution in [1.29, 1.82) is 0 Å². The number of hydrogen-bond acceptors (Lipinski definition) is 3. The van der Waals surface area contributed by atoms with Gasteiger partial charge in [0.2, 0.25) is 5.91 Å². The van der Waals surface area contributed by atoms with Gasteiger partial charge in [0.05, 0.1) is 0 Å². The molecule has 1 N–H and O–H groups in total. The van der Waals surface area contributed by atoms with Crippen molar-refractivity contribution in [1.82, 2.24) is 10.2 Å². The minimum atomic E-state index is -1.18. The molecule has 0 aliphatic carbocycles. The van der Waals surface area contributed by atoms with Crippen molar-refractivity contribution >= 4 is 53.0 Å². The number of aryl methyl sites for hydroxylation is 2. The number of alkyl halides is 2. The van der Waals surface area contributed by atoms with E-state index in [0.717, 1.165) is 22.3 Å². The van der Waals surface area contributed by atoms with Gasteiger partial charge in [-0.2, -0.15) is 0 Å². The zero-order valence-electron chi connectivity index (χ0n) is 18.6. The Labute approximate surface area is 204 Å². The molecule has 1 saturated heterocycles. The van der Waals surface area contributed by atoms with Gasteiger partial charge < -0.3 is 10.2 Å². The SMILES string of the molecule is Cc1ccc(/C=C2\CN(C(=O)CCNC(=O)C(Cl)Cl)C/C(=C\c3ccc(C)cc3)C2=O)cc1. The number of benzene rings is 2. The van der Waals surface area contributed by atoms with E-state index in [2.05, 4.69) is 5.32 Å². The number of nitrogens with one attached hydrogen (secondary N) is 1. The van der Waals surface area contributed by atoms with E-state index in [1.54, 1.807) is 4.90 Å². The van der Waals surface area contributed by atoms with Crippen molar-refractivity contribution < 1.29 is 14.4 Å². The van der Waals surface area contributed by atoms with Crippen molar-refractivity contribution in [2.24, 2.45) is 0 Å². The number of piperidine rings is 1. The average molecular weight is 485 g/mol. The predicted octanol–water partition coefficient (Wildman–Crippen LogP) is 4.49. The Morgan fingerprint density at radius 2 is 1.36 bits per heavy atom. The summed E-state index contributed by atoms with van der Waals surface area (Å²) in [5, 5.41) is 2.53.